The first-order valence-electron chi connectivity index (χ1n) is 7.42. The third kappa shape index (κ3) is 3.38. The summed E-state index contributed by atoms with van der Waals surface area (Å²) in [5.41, 5.74) is 6.58. The van der Waals surface area contributed by atoms with Crippen LogP contribution in [-0.2, 0) is 6.54 Å². The predicted octanol–water partition coefficient (Wildman–Crippen LogP) is 2.15. The van der Waals surface area contributed by atoms with E-state index in [1.807, 2.05) is 22.9 Å². The van der Waals surface area contributed by atoms with Crippen LogP contribution in [0, 0.1) is 5.92 Å². The van der Waals surface area contributed by atoms with Crippen LogP contribution in [-0.4, -0.2) is 23.1 Å². The van der Waals surface area contributed by atoms with E-state index in [1.54, 1.807) is 0 Å². The van der Waals surface area contributed by atoms with Crippen LogP contribution in [0.4, 0.5) is 0 Å². The van der Waals surface area contributed by atoms with Crippen molar-refractivity contribution in [1.29, 1.82) is 0 Å². The highest BCUT2D eigenvalue weighted by atomic mass is 16.2. The Hall–Kier alpha value is -1.29. The average Bonchev–Trinajstić information content (AvgIpc) is 3.06. The van der Waals surface area contributed by atoms with Gasteiger partial charge < -0.3 is 15.6 Å². The largest absolute Gasteiger partial charge is 0.346 e. The van der Waals surface area contributed by atoms with E-state index < -0.39 is 0 Å². The number of amides is 1. The first-order chi connectivity index (χ1) is 9.26. The van der Waals surface area contributed by atoms with Crippen molar-refractivity contribution in [3.63, 3.8) is 0 Å². The summed E-state index contributed by atoms with van der Waals surface area (Å²) in [6, 6.07) is 3.94. The smallest absolute Gasteiger partial charge is 0.268 e. The van der Waals surface area contributed by atoms with Gasteiger partial charge in [-0.3, -0.25) is 4.79 Å². The number of nitrogens with one attached hydrogen (secondary N) is 1. The Kier molecular flexibility index (Phi) is 5.02. The highest BCUT2D eigenvalue weighted by molar-refractivity contribution is 5.93. The molecule has 1 aliphatic carbocycles. The summed E-state index contributed by atoms with van der Waals surface area (Å²) in [6.45, 7) is 3.53. The Balaban J connectivity index is 2.00. The molecule has 1 saturated carbocycles. The summed E-state index contributed by atoms with van der Waals surface area (Å²) in [6.07, 6.45) is 7.91. The van der Waals surface area contributed by atoms with E-state index in [1.165, 1.54) is 25.7 Å². The molecule has 1 aromatic rings. The molecule has 1 heterocycles. The van der Waals surface area contributed by atoms with Gasteiger partial charge in [0, 0.05) is 25.3 Å². The Bertz CT molecular complexity index is 407. The maximum Gasteiger partial charge on any atom is 0.268 e. The number of nitrogens with zero attached hydrogens (tertiary/aromatic N) is 1. The molecule has 1 unspecified atom stereocenters. The molecular weight excluding hydrogens is 238 g/mol. The van der Waals surface area contributed by atoms with Gasteiger partial charge in [0.15, 0.2) is 0 Å². The van der Waals surface area contributed by atoms with Gasteiger partial charge in [0.25, 0.3) is 5.91 Å². The molecule has 1 atom stereocenters. The van der Waals surface area contributed by atoms with Crippen LogP contribution in [0.25, 0.3) is 0 Å². The van der Waals surface area contributed by atoms with Crippen molar-refractivity contribution in [2.45, 2.75) is 51.6 Å². The van der Waals surface area contributed by atoms with Gasteiger partial charge in [-0.25, -0.2) is 0 Å². The van der Waals surface area contributed by atoms with E-state index in [4.69, 9.17) is 5.73 Å². The van der Waals surface area contributed by atoms with Crippen LogP contribution in [0.1, 0.15) is 49.5 Å². The summed E-state index contributed by atoms with van der Waals surface area (Å²) in [5, 5.41) is 3.13. The van der Waals surface area contributed by atoms with E-state index in [0.717, 1.165) is 18.7 Å². The van der Waals surface area contributed by atoms with Crippen LogP contribution < -0.4 is 11.1 Å². The lowest BCUT2D eigenvalue weighted by atomic mass is 9.98. The maximum atomic E-state index is 12.3. The third-order valence-corrected chi connectivity index (χ3v) is 4.07. The van der Waals surface area contributed by atoms with Gasteiger partial charge in [-0.2, -0.15) is 0 Å². The predicted molar refractivity (Wildman–Crippen MR) is 77.0 cm³/mol. The minimum Gasteiger partial charge on any atom is -0.346 e. The van der Waals surface area contributed by atoms with E-state index in [-0.39, 0.29) is 11.9 Å². The SMILES string of the molecule is CCCn1cccc1C(=O)NC(CN)C1CCCC1. The number of aromatic nitrogens is 1. The Morgan fingerprint density at radius 1 is 1.53 bits per heavy atom. The Morgan fingerprint density at radius 3 is 2.89 bits per heavy atom. The molecule has 4 nitrogen and oxygen atoms in total. The molecule has 1 aliphatic rings. The lowest BCUT2D eigenvalue weighted by Gasteiger charge is -2.23. The van der Waals surface area contributed by atoms with Crippen molar-refractivity contribution in [2.75, 3.05) is 6.54 Å². The molecule has 19 heavy (non-hydrogen) atoms. The van der Waals surface area contributed by atoms with Crippen LogP contribution in [0.2, 0.25) is 0 Å². The van der Waals surface area contributed by atoms with E-state index >= 15 is 0 Å². The van der Waals surface area contributed by atoms with Gasteiger partial charge >= 0.3 is 0 Å². The third-order valence-electron chi connectivity index (χ3n) is 4.07. The highest BCUT2D eigenvalue weighted by Gasteiger charge is 2.26. The van der Waals surface area contributed by atoms with Crippen molar-refractivity contribution < 1.29 is 4.79 Å². The standard InChI is InChI=1S/C15H25N3O/c1-2-9-18-10-5-8-14(18)15(19)17-13(11-16)12-6-3-4-7-12/h5,8,10,12-13H,2-4,6-7,9,11,16H2,1H3,(H,17,19). The van der Waals surface area contributed by atoms with Gasteiger partial charge in [0.05, 0.1) is 0 Å². The zero-order valence-corrected chi connectivity index (χ0v) is 11.8. The highest BCUT2D eigenvalue weighted by Crippen LogP contribution is 2.27. The van der Waals surface area contributed by atoms with Gasteiger partial charge in [0.1, 0.15) is 5.69 Å². The quantitative estimate of drug-likeness (QED) is 0.826. The fourth-order valence-corrected chi connectivity index (χ4v) is 3.03. The fourth-order valence-electron chi connectivity index (χ4n) is 3.03. The summed E-state index contributed by atoms with van der Waals surface area (Å²) >= 11 is 0. The molecule has 106 valence electrons. The lowest BCUT2D eigenvalue weighted by molar-refractivity contribution is 0.0914. The van der Waals surface area contributed by atoms with Gasteiger partial charge in [-0.1, -0.05) is 19.8 Å². The molecule has 3 N–H and O–H groups in total. The van der Waals surface area contributed by atoms with E-state index in [0.29, 0.717) is 12.5 Å². The van der Waals surface area contributed by atoms with Crippen LogP contribution >= 0.6 is 0 Å². The van der Waals surface area contributed by atoms with Gasteiger partial charge in [-0.05, 0) is 37.3 Å². The molecule has 0 saturated heterocycles. The van der Waals surface area contributed by atoms with Crippen LogP contribution in [0.5, 0.6) is 0 Å². The summed E-state index contributed by atoms with van der Waals surface area (Å²) in [5.74, 6) is 0.573. The molecule has 1 aromatic heterocycles. The van der Waals surface area contributed by atoms with E-state index in [2.05, 4.69) is 12.2 Å². The molecule has 1 fully saturated rings. The zero-order valence-electron chi connectivity index (χ0n) is 11.8. The minimum atomic E-state index is 0.0146. The number of hydrogen-bond donors (Lipinski definition) is 2. The number of hydrogen-bond acceptors (Lipinski definition) is 2. The summed E-state index contributed by atoms with van der Waals surface area (Å²) in [7, 11) is 0. The maximum absolute atomic E-state index is 12.3. The van der Waals surface area contributed by atoms with Crippen molar-refractivity contribution >= 4 is 5.91 Å². The normalized spacial score (nSPS) is 17.6. The van der Waals surface area contributed by atoms with Crippen LogP contribution in [0.3, 0.4) is 0 Å². The van der Waals surface area contributed by atoms with Gasteiger partial charge in [0.2, 0.25) is 0 Å². The second kappa shape index (κ2) is 6.75. The summed E-state index contributed by atoms with van der Waals surface area (Å²) in [4.78, 5) is 12.3. The number of carbonyl (C=O) groups excluding carboxylic acids is 1. The summed E-state index contributed by atoms with van der Waals surface area (Å²) < 4.78 is 2.01. The monoisotopic (exact) mass is 263 g/mol. The number of nitrogens with two attached hydrogens (primary N) is 1. The number of rotatable bonds is 6. The molecule has 0 spiro atoms. The Labute approximate surface area is 115 Å². The molecule has 0 aliphatic heterocycles. The first kappa shape index (κ1) is 14.1. The van der Waals surface area contributed by atoms with Crippen molar-refractivity contribution in [3.05, 3.63) is 24.0 Å². The average molecular weight is 263 g/mol. The minimum absolute atomic E-state index is 0.0146. The fraction of sp³-hybridized carbons (Fsp3) is 0.667. The molecule has 4 heteroatoms. The van der Waals surface area contributed by atoms with Gasteiger partial charge in [-0.15, -0.1) is 0 Å². The topological polar surface area (TPSA) is 60.0 Å². The molecule has 1 amide bonds. The van der Waals surface area contributed by atoms with Crippen LogP contribution in [0.15, 0.2) is 18.3 Å². The molecule has 2 rings (SSSR count). The zero-order chi connectivity index (χ0) is 13.7. The van der Waals surface area contributed by atoms with Crippen molar-refractivity contribution in [3.8, 4) is 0 Å². The molecule has 0 bridgehead atoms. The molecular formula is C15H25N3O. The number of carbonyl (C=O) groups is 1. The van der Waals surface area contributed by atoms with Crippen molar-refractivity contribution in [2.24, 2.45) is 11.7 Å². The Morgan fingerprint density at radius 2 is 2.26 bits per heavy atom. The number of aryl methyl sites for hydroxylation is 1. The second-order valence-corrected chi connectivity index (χ2v) is 5.45. The van der Waals surface area contributed by atoms with Crippen molar-refractivity contribution in [1.82, 2.24) is 9.88 Å². The van der Waals surface area contributed by atoms with E-state index in [9.17, 15) is 4.79 Å². The second-order valence-electron chi connectivity index (χ2n) is 5.45. The first-order valence-corrected chi connectivity index (χ1v) is 7.42. The molecule has 0 radical (unpaired) electrons. The molecule has 0 aromatic carbocycles. The lowest BCUT2D eigenvalue weighted by Crippen LogP contribution is -2.45.